The monoisotopic (exact) mass is 208 g/mol. The van der Waals surface area contributed by atoms with Gasteiger partial charge in [-0.2, -0.15) is 0 Å². The Balaban J connectivity index is 2.43. The van der Waals surface area contributed by atoms with Crippen LogP contribution in [-0.4, -0.2) is 34.4 Å². The van der Waals surface area contributed by atoms with Crippen LogP contribution in [0.2, 0.25) is 0 Å². The first-order chi connectivity index (χ1) is 6.95. The maximum atomic E-state index is 11.7. The van der Waals surface area contributed by atoms with E-state index >= 15 is 0 Å². The zero-order valence-corrected chi connectivity index (χ0v) is 9.33. The van der Waals surface area contributed by atoms with Crippen molar-refractivity contribution in [2.45, 2.75) is 51.2 Å². The van der Waals surface area contributed by atoms with Gasteiger partial charge >= 0.3 is 0 Å². The van der Waals surface area contributed by atoms with Gasteiger partial charge in [0, 0.05) is 5.54 Å². The summed E-state index contributed by atoms with van der Waals surface area (Å²) in [4.78, 5) is 24.6. The third kappa shape index (κ3) is 1.45. The van der Waals surface area contributed by atoms with Crippen LogP contribution in [0.25, 0.3) is 0 Å². The maximum Gasteiger partial charge on any atom is 0.243 e. The van der Waals surface area contributed by atoms with Gasteiger partial charge in [0.1, 0.15) is 17.7 Å². The van der Waals surface area contributed by atoms with Gasteiger partial charge in [0.05, 0.1) is 6.04 Å². The first-order valence-corrected chi connectivity index (χ1v) is 5.30. The van der Waals surface area contributed by atoms with Crippen molar-refractivity contribution in [1.29, 1.82) is 0 Å². The van der Waals surface area contributed by atoms with Gasteiger partial charge < -0.3 is 10.2 Å². The van der Waals surface area contributed by atoms with Crippen LogP contribution < -0.4 is 5.32 Å². The van der Waals surface area contributed by atoms with Crippen molar-refractivity contribution >= 4 is 11.8 Å². The van der Waals surface area contributed by atoms with Crippen molar-refractivity contribution in [3.63, 3.8) is 0 Å². The molecule has 0 aromatic carbocycles. The van der Waals surface area contributed by atoms with Crippen LogP contribution in [0.15, 0.2) is 5.70 Å². The van der Waals surface area contributed by atoms with Crippen molar-refractivity contribution in [2.75, 3.05) is 0 Å². The average Bonchev–Trinajstić information content (AvgIpc) is 2.15. The molecule has 0 saturated carbocycles. The molecule has 0 radical (unpaired) electrons. The van der Waals surface area contributed by atoms with Gasteiger partial charge in [-0.05, 0) is 33.6 Å². The van der Waals surface area contributed by atoms with E-state index in [2.05, 4.69) is 5.32 Å². The number of amides is 1. The molecule has 2 atom stereocenters. The van der Waals surface area contributed by atoms with E-state index < -0.39 is 0 Å². The standard InChI is InChI=1S/C11H16N2O2/c1-11(2,3)13-8-5-4-7(9(13)6-14)12-10(8)15/h7-8H,4-5H2,1-3H3,(H,12,15). The molecule has 82 valence electrons. The molecule has 0 spiro atoms. The van der Waals surface area contributed by atoms with Crippen molar-refractivity contribution in [2.24, 2.45) is 0 Å². The minimum absolute atomic E-state index is 0.0418. The van der Waals surface area contributed by atoms with Gasteiger partial charge in [-0.3, -0.25) is 4.79 Å². The Kier molecular flexibility index (Phi) is 2.12. The van der Waals surface area contributed by atoms with Crippen LogP contribution in [0.4, 0.5) is 0 Å². The zero-order chi connectivity index (χ0) is 11.2. The van der Waals surface area contributed by atoms with E-state index in [1.807, 2.05) is 31.6 Å². The molecule has 3 fully saturated rings. The highest BCUT2D eigenvalue weighted by Gasteiger charge is 2.47. The number of nitrogens with one attached hydrogen (secondary N) is 1. The van der Waals surface area contributed by atoms with Crippen LogP contribution >= 0.6 is 0 Å². The summed E-state index contributed by atoms with van der Waals surface area (Å²) in [5, 5.41) is 2.84. The SMILES string of the molecule is CC(C)(C)N1C(=C=O)C2CCC1C(=O)N2. The Hall–Kier alpha value is -1.28. The Morgan fingerprint density at radius 2 is 2.07 bits per heavy atom. The summed E-state index contributed by atoms with van der Waals surface area (Å²) < 4.78 is 0. The quantitative estimate of drug-likeness (QED) is 0.588. The molecule has 2 unspecified atom stereocenters. The molecule has 1 N–H and O–H groups in total. The van der Waals surface area contributed by atoms with E-state index in [1.165, 1.54) is 0 Å². The minimum Gasteiger partial charge on any atom is -0.347 e. The number of piperidine rings is 2. The molecule has 0 aromatic rings. The minimum atomic E-state index is -0.201. The summed E-state index contributed by atoms with van der Waals surface area (Å²) in [5.74, 6) is 2.03. The molecule has 3 aliphatic rings. The predicted octanol–water partition coefficient (Wildman–Crippen LogP) is 0.463. The number of hydrogen-bond donors (Lipinski definition) is 1. The first kappa shape index (κ1) is 10.2. The summed E-state index contributed by atoms with van der Waals surface area (Å²) >= 11 is 0. The molecule has 3 aliphatic heterocycles. The number of carbonyl (C=O) groups excluding carboxylic acids is 2. The number of nitrogens with zero attached hydrogens (tertiary/aromatic N) is 1. The van der Waals surface area contributed by atoms with E-state index in [4.69, 9.17) is 0 Å². The van der Waals surface area contributed by atoms with Crippen molar-refractivity contribution in [1.82, 2.24) is 10.2 Å². The highest BCUT2D eigenvalue weighted by atomic mass is 16.2. The summed E-state index contributed by atoms with van der Waals surface area (Å²) in [6, 6.07) is -0.314. The first-order valence-electron chi connectivity index (χ1n) is 5.30. The fraction of sp³-hybridized carbons (Fsp3) is 0.727. The lowest BCUT2D eigenvalue weighted by Crippen LogP contribution is -2.66. The van der Waals surface area contributed by atoms with Crippen LogP contribution in [0, 0.1) is 0 Å². The molecule has 3 heterocycles. The van der Waals surface area contributed by atoms with Crippen LogP contribution in [0.3, 0.4) is 0 Å². The molecule has 4 nitrogen and oxygen atoms in total. The van der Waals surface area contributed by atoms with Crippen LogP contribution in [0.5, 0.6) is 0 Å². The fourth-order valence-electron chi connectivity index (χ4n) is 2.53. The average molecular weight is 208 g/mol. The predicted molar refractivity (Wildman–Crippen MR) is 55.8 cm³/mol. The number of rotatable bonds is 0. The molecule has 0 aliphatic carbocycles. The fourth-order valence-corrected chi connectivity index (χ4v) is 2.53. The number of hydrogen-bond acceptors (Lipinski definition) is 3. The second kappa shape index (κ2) is 3.11. The van der Waals surface area contributed by atoms with Crippen LogP contribution in [-0.2, 0) is 9.59 Å². The Morgan fingerprint density at radius 3 is 2.53 bits per heavy atom. The maximum absolute atomic E-state index is 11.7. The molecule has 0 aromatic heterocycles. The molecule has 1 amide bonds. The second-order valence-corrected chi connectivity index (χ2v) is 5.18. The molecular weight excluding hydrogens is 192 g/mol. The summed E-state index contributed by atoms with van der Waals surface area (Å²) in [6.45, 7) is 6.04. The Labute approximate surface area is 89.3 Å². The van der Waals surface area contributed by atoms with Crippen molar-refractivity contribution in [3.05, 3.63) is 5.70 Å². The lowest BCUT2D eigenvalue weighted by molar-refractivity contribution is -0.134. The number of piperazine rings is 1. The summed E-state index contributed by atoms with van der Waals surface area (Å²) in [7, 11) is 0. The molecular formula is C11H16N2O2. The van der Waals surface area contributed by atoms with E-state index in [0.717, 1.165) is 12.8 Å². The highest BCUT2D eigenvalue weighted by Crippen LogP contribution is 2.35. The third-order valence-corrected chi connectivity index (χ3v) is 3.08. The van der Waals surface area contributed by atoms with Gasteiger partial charge in [0.2, 0.25) is 5.91 Å². The largest absolute Gasteiger partial charge is 0.347 e. The van der Waals surface area contributed by atoms with Gasteiger partial charge in [0.25, 0.3) is 0 Å². The molecule has 2 bridgehead atoms. The van der Waals surface area contributed by atoms with Crippen LogP contribution in [0.1, 0.15) is 33.6 Å². The summed E-state index contributed by atoms with van der Waals surface area (Å²) in [6.07, 6.45) is 1.69. The van der Waals surface area contributed by atoms with E-state index in [1.54, 1.807) is 0 Å². The molecule has 3 rings (SSSR count). The van der Waals surface area contributed by atoms with E-state index in [0.29, 0.717) is 5.70 Å². The van der Waals surface area contributed by atoms with Crippen molar-refractivity contribution in [3.8, 4) is 0 Å². The van der Waals surface area contributed by atoms with Gasteiger partial charge in [-0.1, -0.05) is 0 Å². The highest BCUT2D eigenvalue weighted by molar-refractivity contribution is 5.86. The van der Waals surface area contributed by atoms with E-state index in [-0.39, 0.29) is 23.5 Å². The lowest BCUT2D eigenvalue weighted by Gasteiger charge is -2.52. The third-order valence-electron chi connectivity index (χ3n) is 3.08. The van der Waals surface area contributed by atoms with Gasteiger partial charge in [-0.15, -0.1) is 0 Å². The molecule has 3 saturated heterocycles. The van der Waals surface area contributed by atoms with E-state index in [9.17, 15) is 9.59 Å². The normalized spacial score (nSPS) is 30.2. The molecule has 4 heteroatoms. The number of carbonyl (C=O) groups is 1. The molecule has 15 heavy (non-hydrogen) atoms. The van der Waals surface area contributed by atoms with Gasteiger partial charge in [0.15, 0.2) is 0 Å². The Bertz CT molecular complexity index is 350. The zero-order valence-electron chi connectivity index (χ0n) is 9.33. The lowest BCUT2D eigenvalue weighted by atomic mass is 9.85. The summed E-state index contributed by atoms with van der Waals surface area (Å²) in [5.41, 5.74) is 0.409. The smallest absolute Gasteiger partial charge is 0.243 e. The second-order valence-electron chi connectivity index (χ2n) is 5.18. The topological polar surface area (TPSA) is 49.4 Å². The van der Waals surface area contributed by atoms with Crippen molar-refractivity contribution < 1.29 is 9.59 Å². The number of fused-ring (bicyclic) bond motifs is 3. The Morgan fingerprint density at radius 1 is 1.40 bits per heavy atom. The van der Waals surface area contributed by atoms with Gasteiger partial charge in [-0.25, -0.2) is 4.79 Å².